The molecule has 0 aliphatic carbocycles. The van der Waals surface area contributed by atoms with Crippen molar-refractivity contribution in [3.8, 4) is 0 Å². The van der Waals surface area contributed by atoms with Gasteiger partial charge in [-0.1, -0.05) is 24.7 Å². The largest absolute Gasteiger partial charge is 0.355 e. The standard InChI is InChI=1S/C4H11OPS2/c1-2-3-4-8-6(5)7/h5,7H,2-4H2,1H3. The zero-order chi connectivity index (χ0) is 6.41. The first-order valence-electron chi connectivity index (χ1n) is 2.58. The third kappa shape index (κ3) is 7.09. The van der Waals surface area contributed by atoms with Crippen molar-refractivity contribution in [1.82, 2.24) is 0 Å². The van der Waals surface area contributed by atoms with Crippen LogP contribution in [0.1, 0.15) is 19.8 Å². The highest BCUT2D eigenvalue weighted by Crippen LogP contribution is 2.49. The van der Waals surface area contributed by atoms with Gasteiger partial charge in [0.05, 0.1) is 0 Å². The molecule has 0 saturated heterocycles. The molecule has 0 aromatic rings. The molecule has 1 atom stereocenters. The Labute approximate surface area is 61.0 Å². The number of hydrogen-bond acceptors (Lipinski definition) is 3. The molecular weight excluding hydrogens is 159 g/mol. The van der Waals surface area contributed by atoms with E-state index < -0.39 is 6.55 Å². The van der Waals surface area contributed by atoms with Gasteiger partial charge in [0.25, 0.3) is 0 Å². The highest BCUT2D eigenvalue weighted by atomic mass is 33.1. The summed E-state index contributed by atoms with van der Waals surface area (Å²) in [4.78, 5) is 8.67. The molecule has 1 nitrogen and oxygen atoms in total. The first kappa shape index (κ1) is 9.09. The van der Waals surface area contributed by atoms with Crippen LogP contribution in [-0.2, 0) is 0 Å². The zero-order valence-corrected chi connectivity index (χ0v) is 7.48. The molecule has 50 valence electrons. The van der Waals surface area contributed by atoms with E-state index in [1.54, 1.807) is 11.4 Å². The van der Waals surface area contributed by atoms with Crippen molar-refractivity contribution in [2.45, 2.75) is 19.8 Å². The van der Waals surface area contributed by atoms with Crippen LogP contribution in [0.15, 0.2) is 0 Å². The smallest absolute Gasteiger partial charge is 0.145 e. The van der Waals surface area contributed by atoms with Gasteiger partial charge in [-0.2, -0.15) is 0 Å². The maximum absolute atomic E-state index is 8.67. The highest BCUT2D eigenvalue weighted by molar-refractivity contribution is 8.81. The van der Waals surface area contributed by atoms with E-state index in [9.17, 15) is 0 Å². The SMILES string of the molecule is CCCCSP(O)S. The normalized spacial score (nSPS) is 13.9. The minimum atomic E-state index is -1.00. The molecule has 0 bridgehead atoms. The topological polar surface area (TPSA) is 20.2 Å². The summed E-state index contributed by atoms with van der Waals surface area (Å²) in [6.07, 6.45) is 2.38. The Balaban J connectivity index is 2.72. The Morgan fingerprint density at radius 1 is 1.75 bits per heavy atom. The van der Waals surface area contributed by atoms with Gasteiger partial charge in [-0.3, -0.25) is 0 Å². The predicted molar refractivity (Wildman–Crippen MR) is 45.5 cm³/mol. The lowest BCUT2D eigenvalue weighted by molar-refractivity contribution is 0.656. The summed E-state index contributed by atoms with van der Waals surface area (Å²) < 4.78 is 0. The summed E-state index contributed by atoms with van der Waals surface area (Å²) in [6.45, 7) is 1.14. The van der Waals surface area contributed by atoms with Gasteiger partial charge in [-0.15, -0.1) is 12.2 Å². The van der Waals surface area contributed by atoms with Gasteiger partial charge < -0.3 is 4.89 Å². The fourth-order valence-corrected chi connectivity index (χ4v) is 2.48. The molecule has 0 radical (unpaired) electrons. The molecule has 0 aliphatic heterocycles. The van der Waals surface area contributed by atoms with E-state index in [4.69, 9.17) is 4.89 Å². The molecule has 0 fully saturated rings. The van der Waals surface area contributed by atoms with Crippen LogP contribution in [0.2, 0.25) is 0 Å². The fraction of sp³-hybridized carbons (Fsp3) is 1.00. The maximum Gasteiger partial charge on any atom is 0.145 e. The van der Waals surface area contributed by atoms with Crippen molar-refractivity contribution in [2.75, 3.05) is 5.75 Å². The van der Waals surface area contributed by atoms with Crippen molar-refractivity contribution in [2.24, 2.45) is 0 Å². The van der Waals surface area contributed by atoms with Crippen molar-refractivity contribution in [1.29, 1.82) is 0 Å². The van der Waals surface area contributed by atoms with Gasteiger partial charge in [0.15, 0.2) is 0 Å². The molecule has 8 heavy (non-hydrogen) atoms. The summed E-state index contributed by atoms with van der Waals surface area (Å²) >= 11 is 5.39. The summed E-state index contributed by atoms with van der Waals surface area (Å²) in [5.74, 6) is 1.04. The van der Waals surface area contributed by atoms with Crippen molar-refractivity contribution >= 4 is 30.2 Å². The second kappa shape index (κ2) is 6.21. The van der Waals surface area contributed by atoms with Gasteiger partial charge in [0.2, 0.25) is 0 Å². The molecule has 1 unspecified atom stereocenters. The summed E-state index contributed by atoms with van der Waals surface area (Å²) in [6, 6.07) is 0. The van der Waals surface area contributed by atoms with Crippen molar-refractivity contribution in [3.63, 3.8) is 0 Å². The van der Waals surface area contributed by atoms with Crippen LogP contribution in [0.4, 0.5) is 0 Å². The molecule has 0 aromatic heterocycles. The van der Waals surface area contributed by atoms with E-state index in [0.29, 0.717) is 0 Å². The monoisotopic (exact) mass is 170 g/mol. The second-order valence-electron chi connectivity index (χ2n) is 1.44. The van der Waals surface area contributed by atoms with Crippen LogP contribution in [0, 0.1) is 0 Å². The fourth-order valence-electron chi connectivity index (χ4n) is 0.291. The molecule has 0 spiro atoms. The lowest BCUT2D eigenvalue weighted by Crippen LogP contribution is -1.71. The Morgan fingerprint density at radius 3 is 2.75 bits per heavy atom. The summed E-state index contributed by atoms with van der Waals surface area (Å²) in [5, 5.41) is 0. The van der Waals surface area contributed by atoms with Crippen LogP contribution in [0.25, 0.3) is 0 Å². The van der Waals surface area contributed by atoms with Gasteiger partial charge in [-0.25, -0.2) is 0 Å². The van der Waals surface area contributed by atoms with Crippen LogP contribution < -0.4 is 0 Å². The average molecular weight is 170 g/mol. The molecule has 0 aliphatic rings. The quantitative estimate of drug-likeness (QED) is 0.384. The van der Waals surface area contributed by atoms with E-state index in [1.807, 2.05) is 0 Å². The van der Waals surface area contributed by atoms with E-state index >= 15 is 0 Å². The number of hydrogen-bond donors (Lipinski definition) is 2. The van der Waals surface area contributed by atoms with Gasteiger partial charge in [-0.05, 0) is 6.42 Å². The predicted octanol–water partition coefficient (Wildman–Crippen LogP) is 2.67. The van der Waals surface area contributed by atoms with Gasteiger partial charge >= 0.3 is 0 Å². The van der Waals surface area contributed by atoms with Crippen LogP contribution in [0.5, 0.6) is 0 Å². The van der Waals surface area contributed by atoms with Crippen LogP contribution in [0.3, 0.4) is 0 Å². The third-order valence-corrected chi connectivity index (χ3v) is 3.69. The summed E-state index contributed by atoms with van der Waals surface area (Å²) in [7, 11) is 0. The minimum Gasteiger partial charge on any atom is -0.355 e. The minimum absolute atomic E-state index is 1.00. The van der Waals surface area contributed by atoms with E-state index in [2.05, 4.69) is 19.2 Å². The number of rotatable bonds is 4. The Bertz CT molecular complexity index is 51.3. The number of unbranched alkanes of at least 4 members (excludes halogenated alkanes) is 1. The molecule has 1 N–H and O–H groups in total. The first-order chi connectivity index (χ1) is 3.77. The lowest BCUT2D eigenvalue weighted by atomic mass is 10.4. The molecule has 4 heteroatoms. The third-order valence-electron chi connectivity index (χ3n) is 0.705. The molecule has 0 amide bonds. The van der Waals surface area contributed by atoms with Crippen molar-refractivity contribution < 1.29 is 4.89 Å². The van der Waals surface area contributed by atoms with E-state index in [0.717, 1.165) is 5.75 Å². The van der Waals surface area contributed by atoms with E-state index in [-0.39, 0.29) is 0 Å². The highest BCUT2D eigenvalue weighted by Gasteiger charge is 1.93. The maximum atomic E-state index is 8.67. The molecule has 0 heterocycles. The Morgan fingerprint density at radius 2 is 2.38 bits per heavy atom. The van der Waals surface area contributed by atoms with E-state index in [1.165, 1.54) is 12.8 Å². The van der Waals surface area contributed by atoms with Gasteiger partial charge in [0, 0.05) is 5.75 Å². The van der Waals surface area contributed by atoms with Crippen LogP contribution >= 0.6 is 30.2 Å². The van der Waals surface area contributed by atoms with Gasteiger partial charge in [0.1, 0.15) is 6.55 Å². The Hall–Kier alpha value is 1.09. The average Bonchev–Trinajstić information content (AvgIpc) is 1.66. The summed E-state index contributed by atoms with van der Waals surface area (Å²) in [5.41, 5.74) is 0. The zero-order valence-electron chi connectivity index (χ0n) is 4.87. The molecule has 0 aromatic carbocycles. The molecular formula is C4H11OPS2. The molecule has 0 saturated carbocycles. The number of thiol groups is 1. The Kier molecular flexibility index (Phi) is 7.06. The first-order valence-corrected chi connectivity index (χ1v) is 6.62. The second-order valence-corrected chi connectivity index (χ2v) is 6.37. The lowest BCUT2D eigenvalue weighted by Gasteiger charge is -1.98. The van der Waals surface area contributed by atoms with Crippen LogP contribution in [-0.4, -0.2) is 10.6 Å². The molecule has 0 rings (SSSR count). The van der Waals surface area contributed by atoms with Crippen molar-refractivity contribution in [3.05, 3.63) is 0 Å².